The summed E-state index contributed by atoms with van der Waals surface area (Å²) in [5, 5.41) is 0.446. The summed E-state index contributed by atoms with van der Waals surface area (Å²) in [5.41, 5.74) is 0.714. The zero-order valence-electron chi connectivity index (χ0n) is 11.5. The third-order valence-electron chi connectivity index (χ3n) is 2.19. The van der Waals surface area contributed by atoms with Crippen LogP contribution in [0.4, 0.5) is 5.00 Å². The lowest BCUT2D eigenvalue weighted by Gasteiger charge is -2.07. The van der Waals surface area contributed by atoms with Gasteiger partial charge in [-0.15, -0.1) is 11.3 Å². The van der Waals surface area contributed by atoms with Gasteiger partial charge in [-0.25, -0.2) is 13.2 Å². The van der Waals surface area contributed by atoms with Crippen molar-refractivity contribution in [3.63, 3.8) is 0 Å². The zero-order valence-corrected chi connectivity index (χ0v) is 13.2. The molecule has 7 heteroatoms. The van der Waals surface area contributed by atoms with Crippen molar-refractivity contribution < 1.29 is 17.9 Å². The van der Waals surface area contributed by atoms with Gasteiger partial charge in [0, 0.05) is 0 Å². The van der Waals surface area contributed by atoms with Crippen LogP contribution in [0.2, 0.25) is 0 Å². The van der Waals surface area contributed by atoms with Crippen molar-refractivity contribution in [2.24, 2.45) is 5.92 Å². The average molecular weight is 305 g/mol. The number of carbonyl (C=O) groups is 1. The largest absolute Gasteiger partial charge is 0.462 e. The molecular formula is C12H19NO4S2. The molecule has 0 radical (unpaired) electrons. The molecule has 0 aliphatic carbocycles. The van der Waals surface area contributed by atoms with Gasteiger partial charge in [0.15, 0.2) is 0 Å². The Hall–Kier alpha value is -1.08. The van der Waals surface area contributed by atoms with E-state index in [0.717, 1.165) is 11.3 Å². The van der Waals surface area contributed by atoms with E-state index in [2.05, 4.69) is 4.72 Å². The first-order valence-corrected chi connectivity index (χ1v) is 8.50. The zero-order chi connectivity index (χ0) is 14.6. The molecule has 0 aromatic carbocycles. The molecule has 0 amide bonds. The Balaban J connectivity index is 2.87. The fourth-order valence-corrected chi connectivity index (χ4v) is 4.26. The summed E-state index contributed by atoms with van der Waals surface area (Å²) in [6, 6.07) is 1.65. The van der Waals surface area contributed by atoms with Crippen LogP contribution in [0.15, 0.2) is 6.07 Å². The summed E-state index contributed by atoms with van der Waals surface area (Å²) < 4.78 is 31.0. The molecule has 0 spiro atoms. The second-order valence-electron chi connectivity index (χ2n) is 4.62. The normalized spacial score (nSPS) is 11.6. The number of hydrogen-bond donors (Lipinski definition) is 1. The maximum Gasteiger partial charge on any atom is 0.348 e. The smallest absolute Gasteiger partial charge is 0.348 e. The number of anilines is 1. The summed E-state index contributed by atoms with van der Waals surface area (Å²) in [7, 11) is -3.37. The van der Waals surface area contributed by atoms with Crippen LogP contribution in [0.5, 0.6) is 0 Å². The van der Waals surface area contributed by atoms with Crippen molar-refractivity contribution in [1.29, 1.82) is 0 Å². The van der Waals surface area contributed by atoms with Gasteiger partial charge in [-0.1, -0.05) is 13.8 Å². The Kier molecular flexibility index (Phi) is 5.37. The number of rotatable bonds is 6. The van der Waals surface area contributed by atoms with Crippen LogP contribution in [-0.4, -0.2) is 26.7 Å². The van der Waals surface area contributed by atoms with Gasteiger partial charge in [0.2, 0.25) is 10.0 Å². The fraction of sp³-hybridized carbons (Fsp3) is 0.583. The van der Waals surface area contributed by atoms with Crippen LogP contribution in [0.1, 0.15) is 36.0 Å². The maximum absolute atomic E-state index is 11.8. The third-order valence-corrected chi connectivity index (χ3v) is 5.09. The lowest BCUT2D eigenvalue weighted by atomic mass is 10.3. The van der Waals surface area contributed by atoms with Gasteiger partial charge in [0.05, 0.1) is 12.4 Å². The molecule has 0 aliphatic heterocycles. The summed E-state index contributed by atoms with van der Waals surface area (Å²) in [6.45, 7) is 7.45. The third kappa shape index (κ3) is 4.83. The molecule has 1 N–H and O–H groups in total. The topological polar surface area (TPSA) is 72.5 Å². The SMILES string of the molecule is CCOC(=O)c1sc(NS(=O)(=O)CC(C)C)cc1C. The van der Waals surface area contributed by atoms with E-state index in [0.29, 0.717) is 22.0 Å². The molecule has 108 valence electrons. The van der Waals surface area contributed by atoms with Crippen LogP contribution in [-0.2, 0) is 14.8 Å². The van der Waals surface area contributed by atoms with Crippen molar-refractivity contribution >= 4 is 32.3 Å². The van der Waals surface area contributed by atoms with E-state index < -0.39 is 16.0 Å². The molecule has 5 nitrogen and oxygen atoms in total. The summed E-state index contributed by atoms with van der Waals surface area (Å²) in [4.78, 5) is 12.1. The highest BCUT2D eigenvalue weighted by molar-refractivity contribution is 7.92. The lowest BCUT2D eigenvalue weighted by molar-refractivity contribution is 0.0531. The highest BCUT2D eigenvalue weighted by Gasteiger charge is 2.18. The second kappa shape index (κ2) is 6.38. The van der Waals surface area contributed by atoms with Crippen molar-refractivity contribution in [2.75, 3.05) is 17.1 Å². The van der Waals surface area contributed by atoms with Crippen LogP contribution in [0, 0.1) is 12.8 Å². The molecule has 0 fully saturated rings. The molecule has 1 aromatic rings. The van der Waals surface area contributed by atoms with Crippen LogP contribution >= 0.6 is 11.3 Å². The van der Waals surface area contributed by atoms with E-state index in [1.54, 1.807) is 19.9 Å². The summed E-state index contributed by atoms with van der Waals surface area (Å²) in [6.07, 6.45) is 0. The predicted octanol–water partition coefficient (Wildman–Crippen LogP) is 2.63. The second-order valence-corrected chi connectivity index (χ2v) is 7.44. The molecule has 0 saturated heterocycles. The number of nitrogens with one attached hydrogen (secondary N) is 1. The van der Waals surface area contributed by atoms with Gasteiger partial charge >= 0.3 is 5.97 Å². The van der Waals surface area contributed by atoms with E-state index in [9.17, 15) is 13.2 Å². The first kappa shape index (κ1) is 16.0. The van der Waals surface area contributed by atoms with Gasteiger partial charge in [-0.2, -0.15) is 0 Å². The lowest BCUT2D eigenvalue weighted by Crippen LogP contribution is -2.19. The first-order valence-electron chi connectivity index (χ1n) is 6.03. The van der Waals surface area contributed by atoms with Gasteiger partial charge in [0.25, 0.3) is 0 Å². The summed E-state index contributed by atoms with van der Waals surface area (Å²) in [5.74, 6) is -0.319. The molecule has 0 bridgehead atoms. The molecule has 1 heterocycles. The number of carbonyl (C=O) groups excluding carboxylic acids is 1. The molecule has 1 rings (SSSR count). The minimum atomic E-state index is -3.37. The Morgan fingerprint density at radius 3 is 2.63 bits per heavy atom. The van der Waals surface area contributed by atoms with Gasteiger partial charge in [0.1, 0.15) is 9.88 Å². The summed E-state index contributed by atoms with van der Waals surface area (Å²) >= 11 is 1.10. The molecule has 0 saturated carbocycles. The molecule has 0 aliphatic rings. The minimum Gasteiger partial charge on any atom is -0.462 e. The molecule has 0 atom stereocenters. The van der Waals surface area contributed by atoms with E-state index in [4.69, 9.17) is 4.74 Å². The predicted molar refractivity (Wildman–Crippen MR) is 77.3 cm³/mol. The van der Waals surface area contributed by atoms with Crippen LogP contribution in [0.3, 0.4) is 0 Å². The highest BCUT2D eigenvalue weighted by atomic mass is 32.2. The Bertz CT molecular complexity index is 546. The number of hydrogen-bond acceptors (Lipinski definition) is 5. The van der Waals surface area contributed by atoms with Crippen molar-refractivity contribution in [1.82, 2.24) is 0 Å². The number of ether oxygens (including phenoxy) is 1. The standard InChI is InChI=1S/C12H19NO4S2/c1-5-17-12(14)11-9(4)6-10(18-11)13-19(15,16)7-8(2)3/h6,8,13H,5,7H2,1-4H3. The average Bonchev–Trinajstić information content (AvgIpc) is 2.56. The minimum absolute atomic E-state index is 0.0445. The van der Waals surface area contributed by atoms with E-state index in [1.807, 2.05) is 13.8 Å². The fourth-order valence-electron chi connectivity index (χ4n) is 1.57. The number of esters is 1. The first-order chi connectivity index (χ1) is 8.75. The Labute approximate surface area is 118 Å². The number of aryl methyl sites for hydroxylation is 1. The molecular weight excluding hydrogens is 286 g/mol. The number of thiophene rings is 1. The van der Waals surface area contributed by atoms with Gasteiger partial charge in [-0.3, -0.25) is 4.72 Å². The van der Waals surface area contributed by atoms with E-state index in [1.165, 1.54) is 0 Å². The van der Waals surface area contributed by atoms with Crippen molar-refractivity contribution in [3.05, 3.63) is 16.5 Å². The van der Waals surface area contributed by atoms with Crippen molar-refractivity contribution in [3.8, 4) is 0 Å². The quantitative estimate of drug-likeness (QED) is 0.820. The van der Waals surface area contributed by atoms with E-state index >= 15 is 0 Å². The maximum atomic E-state index is 11.8. The highest BCUT2D eigenvalue weighted by Crippen LogP contribution is 2.28. The molecule has 0 unspecified atom stereocenters. The van der Waals surface area contributed by atoms with Crippen LogP contribution in [0.25, 0.3) is 0 Å². The monoisotopic (exact) mass is 305 g/mol. The Morgan fingerprint density at radius 1 is 1.47 bits per heavy atom. The molecule has 19 heavy (non-hydrogen) atoms. The van der Waals surface area contributed by atoms with Crippen LogP contribution < -0.4 is 4.72 Å². The van der Waals surface area contributed by atoms with Gasteiger partial charge < -0.3 is 4.74 Å². The van der Waals surface area contributed by atoms with Crippen molar-refractivity contribution in [2.45, 2.75) is 27.7 Å². The van der Waals surface area contributed by atoms with E-state index in [-0.39, 0.29) is 11.7 Å². The number of sulfonamides is 1. The molecule has 1 aromatic heterocycles. The Morgan fingerprint density at radius 2 is 2.11 bits per heavy atom. The van der Waals surface area contributed by atoms with Gasteiger partial charge in [-0.05, 0) is 31.4 Å².